The zero-order valence-corrected chi connectivity index (χ0v) is 17.7. The van der Waals surface area contributed by atoms with Gasteiger partial charge in [-0.25, -0.2) is 4.79 Å². The van der Waals surface area contributed by atoms with E-state index in [1.54, 1.807) is 0 Å². The Kier molecular flexibility index (Phi) is 5.04. The first-order valence-corrected chi connectivity index (χ1v) is 11.0. The van der Waals surface area contributed by atoms with E-state index in [0.29, 0.717) is 4.88 Å². The van der Waals surface area contributed by atoms with Crippen molar-refractivity contribution in [3.8, 4) is 0 Å². The van der Waals surface area contributed by atoms with Gasteiger partial charge in [-0.1, -0.05) is 36.9 Å². The van der Waals surface area contributed by atoms with Gasteiger partial charge in [0.05, 0.1) is 10.3 Å². The number of thiophene rings is 1. The second-order valence-electron chi connectivity index (χ2n) is 7.67. The van der Waals surface area contributed by atoms with Crippen LogP contribution in [0, 0.1) is 5.92 Å². The molecule has 0 saturated carbocycles. The van der Waals surface area contributed by atoms with Crippen molar-refractivity contribution in [2.45, 2.75) is 36.1 Å². The van der Waals surface area contributed by atoms with Gasteiger partial charge in [-0.05, 0) is 24.6 Å². The normalized spacial score (nSPS) is 26.0. The van der Waals surface area contributed by atoms with Gasteiger partial charge in [0.2, 0.25) is 11.7 Å². The fraction of sp³-hybridized carbons (Fsp3) is 0.381. The Morgan fingerprint density at radius 2 is 2.10 bits per heavy atom. The summed E-state index contributed by atoms with van der Waals surface area (Å²) in [6, 6.07) is 6.70. The van der Waals surface area contributed by atoms with E-state index in [4.69, 9.17) is 4.74 Å². The summed E-state index contributed by atoms with van der Waals surface area (Å²) in [6.45, 7) is 7.32. The Hall–Kier alpha value is -2.16. The van der Waals surface area contributed by atoms with E-state index in [0.717, 1.165) is 10.8 Å². The van der Waals surface area contributed by atoms with E-state index in [2.05, 4.69) is 6.58 Å². The molecular formula is C21H21NO5S2. The van der Waals surface area contributed by atoms with Crippen molar-refractivity contribution in [1.29, 1.82) is 0 Å². The number of carbonyl (C=O) groups is 3. The van der Waals surface area contributed by atoms with Gasteiger partial charge in [0.1, 0.15) is 24.7 Å². The van der Waals surface area contributed by atoms with Crippen LogP contribution in [0.1, 0.15) is 23.5 Å². The van der Waals surface area contributed by atoms with Crippen LogP contribution in [0.3, 0.4) is 0 Å². The second-order valence-corrected chi connectivity index (χ2v) is 10.3. The third kappa shape index (κ3) is 3.10. The number of aliphatic hydroxyl groups excluding tert-OH is 1. The average Bonchev–Trinajstić information content (AvgIpc) is 3.22. The van der Waals surface area contributed by atoms with Crippen LogP contribution < -0.4 is 0 Å². The lowest BCUT2D eigenvalue weighted by Gasteiger charge is -2.45. The summed E-state index contributed by atoms with van der Waals surface area (Å²) in [7, 11) is 0. The minimum absolute atomic E-state index is 0.0682. The smallest absolute Gasteiger partial charge is 0.330 e. The molecule has 0 unspecified atom stereocenters. The zero-order valence-electron chi connectivity index (χ0n) is 16.0. The molecule has 2 saturated heterocycles. The SMILES string of the molecule is C=CCOC(=O)[C@@H]1N2C(=O)[C@@H]([C@H](O)C(=O)c3scc4ccccc34)[C@H]2SC1(C)C. The number of hydrogen-bond donors (Lipinski definition) is 1. The quantitative estimate of drug-likeness (QED) is 0.328. The van der Waals surface area contributed by atoms with Gasteiger partial charge in [0, 0.05) is 10.1 Å². The molecule has 152 valence electrons. The number of ketones is 1. The number of nitrogens with zero attached hydrogens (tertiary/aromatic N) is 1. The molecule has 0 bridgehead atoms. The van der Waals surface area contributed by atoms with Crippen LogP contribution in [-0.4, -0.2) is 56.5 Å². The minimum Gasteiger partial charge on any atom is -0.460 e. The molecule has 29 heavy (non-hydrogen) atoms. The number of thioether (sulfide) groups is 1. The van der Waals surface area contributed by atoms with Gasteiger partial charge < -0.3 is 14.7 Å². The number of aliphatic hydroxyl groups is 1. The molecule has 1 amide bonds. The number of rotatable bonds is 6. The third-order valence-electron chi connectivity index (χ3n) is 5.39. The van der Waals surface area contributed by atoms with Crippen molar-refractivity contribution >= 4 is 51.5 Å². The number of esters is 1. The minimum atomic E-state index is -1.45. The molecule has 2 aliphatic heterocycles. The lowest BCUT2D eigenvalue weighted by molar-refractivity contribution is -0.169. The summed E-state index contributed by atoms with van der Waals surface area (Å²) >= 11 is 2.68. The predicted molar refractivity (Wildman–Crippen MR) is 113 cm³/mol. The first-order chi connectivity index (χ1) is 13.8. The van der Waals surface area contributed by atoms with E-state index in [9.17, 15) is 19.5 Å². The lowest BCUT2D eigenvalue weighted by atomic mass is 9.85. The number of β-lactam (4-membered cyclic amide) rings is 1. The van der Waals surface area contributed by atoms with Gasteiger partial charge in [0.25, 0.3) is 0 Å². The number of carbonyl (C=O) groups excluding carboxylic acids is 3. The van der Waals surface area contributed by atoms with Crippen molar-refractivity contribution in [3.05, 3.63) is 47.2 Å². The molecular weight excluding hydrogens is 410 g/mol. The molecule has 8 heteroatoms. The molecule has 2 fully saturated rings. The highest BCUT2D eigenvalue weighted by Crippen LogP contribution is 2.54. The Labute approximate surface area is 176 Å². The molecule has 4 atom stereocenters. The van der Waals surface area contributed by atoms with Crippen LogP contribution >= 0.6 is 23.1 Å². The third-order valence-corrected chi connectivity index (χ3v) is 8.01. The highest BCUT2D eigenvalue weighted by Gasteiger charge is 2.66. The topological polar surface area (TPSA) is 83.9 Å². The molecule has 6 nitrogen and oxygen atoms in total. The summed E-state index contributed by atoms with van der Waals surface area (Å²) in [5.41, 5.74) is 0. The molecule has 2 aromatic rings. The number of benzene rings is 1. The van der Waals surface area contributed by atoms with Crippen LogP contribution in [0.4, 0.5) is 0 Å². The zero-order chi connectivity index (χ0) is 20.9. The maximum atomic E-state index is 13.0. The summed E-state index contributed by atoms with van der Waals surface area (Å²) in [4.78, 5) is 40.2. The molecule has 1 aromatic heterocycles. The van der Waals surface area contributed by atoms with Crippen LogP contribution in [0.5, 0.6) is 0 Å². The Morgan fingerprint density at radius 1 is 1.38 bits per heavy atom. The van der Waals surface area contributed by atoms with Gasteiger partial charge in [-0.3, -0.25) is 9.59 Å². The monoisotopic (exact) mass is 431 g/mol. The van der Waals surface area contributed by atoms with Gasteiger partial charge >= 0.3 is 5.97 Å². The van der Waals surface area contributed by atoms with Gasteiger partial charge in [-0.2, -0.15) is 0 Å². The summed E-state index contributed by atoms with van der Waals surface area (Å²) < 4.78 is 4.58. The number of hydrogen-bond acceptors (Lipinski definition) is 7. The van der Waals surface area contributed by atoms with E-state index < -0.39 is 45.8 Å². The number of fused-ring (bicyclic) bond motifs is 2. The maximum absolute atomic E-state index is 13.0. The fourth-order valence-corrected chi connectivity index (χ4v) is 6.73. The Balaban J connectivity index is 1.57. The Morgan fingerprint density at radius 3 is 2.83 bits per heavy atom. The fourth-order valence-electron chi connectivity index (χ4n) is 4.01. The molecule has 1 aromatic carbocycles. The largest absolute Gasteiger partial charge is 0.460 e. The molecule has 2 aliphatic rings. The Bertz CT molecular complexity index is 1010. The van der Waals surface area contributed by atoms with E-state index in [1.807, 2.05) is 43.5 Å². The van der Waals surface area contributed by atoms with Crippen molar-refractivity contribution in [2.24, 2.45) is 5.92 Å². The molecule has 0 radical (unpaired) electrons. The second kappa shape index (κ2) is 7.27. The lowest BCUT2D eigenvalue weighted by Crippen LogP contribution is -2.66. The average molecular weight is 432 g/mol. The maximum Gasteiger partial charge on any atom is 0.330 e. The summed E-state index contributed by atoms with van der Waals surface area (Å²) in [5.74, 6) is -2.22. The van der Waals surface area contributed by atoms with Gasteiger partial charge in [0.15, 0.2) is 0 Å². The van der Waals surface area contributed by atoms with Crippen LogP contribution in [0.15, 0.2) is 42.3 Å². The van der Waals surface area contributed by atoms with Gasteiger partial charge in [-0.15, -0.1) is 23.1 Å². The highest BCUT2D eigenvalue weighted by molar-refractivity contribution is 8.01. The summed E-state index contributed by atoms with van der Waals surface area (Å²) in [6.07, 6.45) is 0.0240. The highest BCUT2D eigenvalue weighted by atomic mass is 32.2. The predicted octanol–water partition coefficient (Wildman–Crippen LogP) is 2.85. The number of ether oxygens (including phenoxy) is 1. The van der Waals surface area contributed by atoms with Crippen molar-refractivity contribution in [1.82, 2.24) is 4.90 Å². The van der Waals surface area contributed by atoms with Crippen LogP contribution in [0.25, 0.3) is 10.8 Å². The van der Waals surface area contributed by atoms with E-state index in [1.165, 1.54) is 34.1 Å². The van der Waals surface area contributed by atoms with Crippen molar-refractivity contribution < 1.29 is 24.2 Å². The number of amides is 1. The first-order valence-electron chi connectivity index (χ1n) is 9.24. The number of Topliss-reactive ketones (excluding diaryl/α,β-unsaturated/α-hetero) is 1. The standard InChI is InChI=1S/C21H21NO5S2/c1-4-9-27-20(26)17-21(2,3)29-19-13(18(25)22(17)19)14(23)15(24)16-12-8-6-5-7-11(12)10-28-16/h4-8,10,13-14,17,19,23H,1,9H2,2-3H3/t13-,14+,17+,19-/m1/s1. The first kappa shape index (κ1) is 20.1. The van der Waals surface area contributed by atoms with Crippen molar-refractivity contribution in [3.63, 3.8) is 0 Å². The molecule has 4 rings (SSSR count). The molecule has 1 N–H and O–H groups in total. The van der Waals surface area contributed by atoms with E-state index in [-0.39, 0.29) is 6.61 Å². The molecule has 0 aliphatic carbocycles. The molecule has 3 heterocycles. The van der Waals surface area contributed by atoms with Crippen LogP contribution in [0.2, 0.25) is 0 Å². The summed E-state index contributed by atoms with van der Waals surface area (Å²) in [5, 5.41) is 13.9. The molecule has 0 spiro atoms. The van der Waals surface area contributed by atoms with Crippen molar-refractivity contribution in [2.75, 3.05) is 6.61 Å². The van der Waals surface area contributed by atoms with Crippen LogP contribution in [-0.2, 0) is 14.3 Å². The van der Waals surface area contributed by atoms with E-state index >= 15 is 0 Å².